The van der Waals surface area contributed by atoms with Gasteiger partial charge in [0.15, 0.2) is 0 Å². The van der Waals surface area contributed by atoms with Crippen LogP contribution in [0.4, 0.5) is 0 Å². The maximum absolute atomic E-state index is 12.1. The fourth-order valence-electron chi connectivity index (χ4n) is 4.24. The average molecular weight is 359 g/mol. The number of benzene rings is 3. The summed E-state index contributed by atoms with van der Waals surface area (Å²) in [5.41, 5.74) is 1.70. The van der Waals surface area contributed by atoms with Crippen LogP contribution in [0.3, 0.4) is 0 Å². The summed E-state index contributed by atoms with van der Waals surface area (Å²) >= 11 is 0. The first kappa shape index (κ1) is 17.9. The van der Waals surface area contributed by atoms with Crippen LogP contribution >= 0.6 is 0 Å². The lowest BCUT2D eigenvalue weighted by atomic mass is 9.79. The Balaban J connectivity index is 1.76. The lowest BCUT2D eigenvalue weighted by Gasteiger charge is -2.40. The molecule has 0 spiro atoms. The predicted octanol–water partition coefficient (Wildman–Crippen LogP) is 3.56. The summed E-state index contributed by atoms with van der Waals surface area (Å²) in [6.07, 6.45) is 0.0882. The normalized spacial score (nSPS) is 20.7. The average Bonchev–Trinajstić information content (AvgIpc) is 3.10. The maximum Gasteiger partial charge on any atom is 0.130 e. The van der Waals surface area contributed by atoms with Crippen molar-refractivity contribution in [1.82, 2.24) is 4.90 Å². The molecule has 3 aromatic carbocycles. The van der Waals surface area contributed by atoms with E-state index in [1.807, 2.05) is 78.9 Å². The third-order valence-corrected chi connectivity index (χ3v) is 5.52. The van der Waals surface area contributed by atoms with Gasteiger partial charge in [-0.05, 0) is 23.1 Å². The molecule has 4 rings (SSSR count). The van der Waals surface area contributed by atoms with Crippen LogP contribution in [-0.2, 0) is 12.1 Å². The van der Waals surface area contributed by atoms with E-state index < -0.39 is 11.7 Å². The van der Waals surface area contributed by atoms with Gasteiger partial charge in [-0.1, -0.05) is 91.0 Å². The third-order valence-electron chi connectivity index (χ3n) is 5.52. The molecule has 0 aromatic heterocycles. The van der Waals surface area contributed by atoms with E-state index in [0.717, 1.165) is 11.1 Å². The minimum Gasteiger partial charge on any atom is -0.392 e. The standard InChI is InChI=1S/C24H25NO2/c26-22-16-23(25(18-22)17-19-10-4-1-5-11-19)24(27,20-12-6-2-7-13-20)21-14-8-3-9-15-21/h1-15,22-23,26-27H,16-18H2/t22-,23-/m1/s1. The van der Waals surface area contributed by atoms with E-state index >= 15 is 0 Å². The highest BCUT2D eigenvalue weighted by atomic mass is 16.3. The molecule has 0 unspecified atom stereocenters. The second-order valence-corrected chi connectivity index (χ2v) is 7.32. The molecule has 0 amide bonds. The molecule has 0 aliphatic carbocycles. The first-order chi connectivity index (χ1) is 13.2. The van der Waals surface area contributed by atoms with Crippen molar-refractivity contribution in [1.29, 1.82) is 0 Å². The second-order valence-electron chi connectivity index (χ2n) is 7.32. The number of likely N-dealkylation sites (tertiary alicyclic amines) is 1. The summed E-state index contributed by atoms with van der Waals surface area (Å²) < 4.78 is 0. The van der Waals surface area contributed by atoms with E-state index in [0.29, 0.717) is 19.5 Å². The van der Waals surface area contributed by atoms with Crippen LogP contribution in [0, 0.1) is 0 Å². The molecule has 138 valence electrons. The van der Waals surface area contributed by atoms with Crippen LogP contribution in [-0.4, -0.2) is 33.8 Å². The van der Waals surface area contributed by atoms with Crippen molar-refractivity contribution in [3.05, 3.63) is 108 Å². The molecule has 1 aliphatic heterocycles. The number of aliphatic hydroxyl groups excluding tert-OH is 1. The molecule has 1 aliphatic rings. The molecule has 3 aromatic rings. The van der Waals surface area contributed by atoms with Crippen LogP contribution in [0.2, 0.25) is 0 Å². The summed E-state index contributed by atoms with van der Waals surface area (Å²) in [6.45, 7) is 1.26. The van der Waals surface area contributed by atoms with Gasteiger partial charge in [-0.3, -0.25) is 4.90 Å². The van der Waals surface area contributed by atoms with Gasteiger partial charge < -0.3 is 10.2 Å². The Bertz CT molecular complexity index is 812. The smallest absolute Gasteiger partial charge is 0.130 e. The largest absolute Gasteiger partial charge is 0.392 e. The zero-order valence-corrected chi connectivity index (χ0v) is 15.3. The Morgan fingerprint density at radius 2 is 1.26 bits per heavy atom. The van der Waals surface area contributed by atoms with E-state index in [2.05, 4.69) is 17.0 Å². The summed E-state index contributed by atoms with van der Waals surface area (Å²) in [4.78, 5) is 2.21. The fourth-order valence-corrected chi connectivity index (χ4v) is 4.24. The van der Waals surface area contributed by atoms with Crippen LogP contribution in [0.25, 0.3) is 0 Å². The Kier molecular flexibility index (Phi) is 5.08. The molecular formula is C24H25NO2. The molecule has 3 nitrogen and oxygen atoms in total. The van der Waals surface area contributed by atoms with E-state index in [1.165, 1.54) is 5.56 Å². The number of hydrogen-bond donors (Lipinski definition) is 2. The lowest BCUT2D eigenvalue weighted by Crippen LogP contribution is -2.48. The van der Waals surface area contributed by atoms with Crippen LogP contribution in [0.15, 0.2) is 91.0 Å². The summed E-state index contributed by atoms with van der Waals surface area (Å²) in [7, 11) is 0. The third kappa shape index (κ3) is 3.54. The van der Waals surface area contributed by atoms with Crippen LogP contribution < -0.4 is 0 Å². The van der Waals surface area contributed by atoms with Gasteiger partial charge in [0, 0.05) is 19.1 Å². The highest BCUT2D eigenvalue weighted by Crippen LogP contribution is 2.40. The minimum atomic E-state index is -1.19. The zero-order valence-electron chi connectivity index (χ0n) is 15.3. The number of β-amino-alcohol motifs (C(OH)–C–C–N with tert-alkyl or cyclic N) is 1. The Hall–Kier alpha value is -2.46. The van der Waals surface area contributed by atoms with Crippen LogP contribution in [0.5, 0.6) is 0 Å². The topological polar surface area (TPSA) is 43.7 Å². The molecule has 1 fully saturated rings. The highest BCUT2D eigenvalue weighted by molar-refractivity contribution is 5.39. The molecule has 0 bridgehead atoms. The van der Waals surface area contributed by atoms with E-state index in [4.69, 9.17) is 0 Å². The van der Waals surface area contributed by atoms with Gasteiger partial charge in [0.25, 0.3) is 0 Å². The second kappa shape index (κ2) is 7.65. The van der Waals surface area contributed by atoms with Gasteiger partial charge in [0.2, 0.25) is 0 Å². The van der Waals surface area contributed by atoms with Crippen molar-refractivity contribution >= 4 is 0 Å². The summed E-state index contributed by atoms with van der Waals surface area (Å²) in [5, 5.41) is 22.5. The number of rotatable bonds is 5. The Labute approximate surface area is 160 Å². The molecule has 27 heavy (non-hydrogen) atoms. The predicted molar refractivity (Wildman–Crippen MR) is 107 cm³/mol. The molecular weight excluding hydrogens is 334 g/mol. The Morgan fingerprint density at radius 1 is 0.778 bits per heavy atom. The SMILES string of the molecule is O[C@@H]1C[C@H](C(O)(c2ccccc2)c2ccccc2)N(Cc2ccccc2)C1. The van der Waals surface area contributed by atoms with Crippen molar-refractivity contribution in [3.8, 4) is 0 Å². The molecule has 3 heteroatoms. The quantitative estimate of drug-likeness (QED) is 0.732. The molecule has 0 radical (unpaired) electrons. The Morgan fingerprint density at radius 3 is 1.78 bits per heavy atom. The fraction of sp³-hybridized carbons (Fsp3) is 0.250. The van der Waals surface area contributed by atoms with E-state index in [9.17, 15) is 10.2 Å². The summed E-state index contributed by atoms with van der Waals surface area (Å²) in [5.74, 6) is 0. The van der Waals surface area contributed by atoms with Gasteiger partial charge in [0.1, 0.15) is 5.60 Å². The number of hydrogen-bond acceptors (Lipinski definition) is 3. The van der Waals surface area contributed by atoms with Gasteiger partial charge in [-0.25, -0.2) is 0 Å². The van der Waals surface area contributed by atoms with E-state index in [1.54, 1.807) is 0 Å². The number of aliphatic hydroxyl groups is 2. The molecule has 0 saturated carbocycles. The van der Waals surface area contributed by atoms with Gasteiger partial charge in [0.05, 0.1) is 6.10 Å². The first-order valence-corrected chi connectivity index (χ1v) is 9.47. The zero-order chi connectivity index (χ0) is 18.7. The first-order valence-electron chi connectivity index (χ1n) is 9.47. The van der Waals surface area contributed by atoms with Crippen molar-refractivity contribution in [3.63, 3.8) is 0 Å². The highest BCUT2D eigenvalue weighted by Gasteiger charge is 2.47. The summed E-state index contributed by atoms with van der Waals surface area (Å²) in [6, 6.07) is 29.6. The maximum atomic E-state index is 12.1. The van der Waals surface area contributed by atoms with Gasteiger partial charge in [-0.2, -0.15) is 0 Å². The van der Waals surface area contributed by atoms with E-state index in [-0.39, 0.29) is 6.04 Å². The van der Waals surface area contributed by atoms with Crippen LogP contribution in [0.1, 0.15) is 23.1 Å². The molecule has 1 saturated heterocycles. The molecule has 2 atom stereocenters. The van der Waals surface area contributed by atoms with Crippen molar-refractivity contribution < 1.29 is 10.2 Å². The van der Waals surface area contributed by atoms with Crippen molar-refractivity contribution in [2.45, 2.75) is 30.7 Å². The van der Waals surface area contributed by atoms with Gasteiger partial charge in [-0.15, -0.1) is 0 Å². The van der Waals surface area contributed by atoms with Crippen molar-refractivity contribution in [2.75, 3.05) is 6.54 Å². The van der Waals surface area contributed by atoms with Gasteiger partial charge >= 0.3 is 0 Å². The van der Waals surface area contributed by atoms with Crippen molar-refractivity contribution in [2.24, 2.45) is 0 Å². The molecule has 1 heterocycles. The lowest BCUT2D eigenvalue weighted by molar-refractivity contribution is -0.00680. The molecule has 2 N–H and O–H groups in total. The number of nitrogens with zero attached hydrogens (tertiary/aromatic N) is 1. The monoisotopic (exact) mass is 359 g/mol. The minimum absolute atomic E-state index is 0.211.